The summed E-state index contributed by atoms with van der Waals surface area (Å²) in [6, 6.07) is 12.1. The number of hydrogen-bond acceptors (Lipinski definition) is 3. The van der Waals surface area contributed by atoms with Crippen molar-refractivity contribution in [3.8, 4) is 0 Å². The lowest BCUT2D eigenvalue weighted by molar-refractivity contribution is 0.867. The van der Waals surface area contributed by atoms with E-state index < -0.39 is 0 Å². The minimum Gasteiger partial charge on any atom is -0.388 e. The SMILES string of the molecule is CC(C)c1ccc(Nc2ccnc(C(N)=S)c2)cc1. The van der Waals surface area contributed by atoms with Crippen LogP contribution in [0.3, 0.4) is 0 Å². The van der Waals surface area contributed by atoms with Gasteiger partial charge in [-0.2, -0.15) is 0 Å². The highest BCUT2D eigenvalue weighted by Crippen LogP contribution is 2.20. The molecule has 2 rings (SSSR count). The van der Waals surface area contributed by atoms with E-state index in [0.717, 1.165) is 11.4 Å². The Morgan fingerprint density at radius 3 is 2.42 bits per heavy atom. The van der Waals surface area contributed by atoms with E-state index in [-0.39, 0.29) is 0 Å². The lowest BCUT2D eigenvalue weighted by atomic mass is 10.0. The van der Waals surface area contributed by atoms with Crippen LogP contribution < -0.4 is 11.1 Å². The molecule has 0 atom stereocenters. The monoisotopic (exact) mass is 271 g/mol. The van der Waals surface area contributed by atoms with Gasteiger partial charge in [-0.25, -0.2) is 0 Å². The molecule has 1 heterocycles. The Balaban J connectivity index is 2.16. The van der Waals surface area contributed by atoms with Crippen LogP contribution in [-0.4, -0.2) is 9.97 Å². The zero-order chi connectivity index (χ0) is 13.8. The number of nitrogens with zero attached hydrogens (tertiary/aromatic N) is 1. The smallest absolute Gasteiger partial charge is 0.122 e. The highest BCUT2D eigenvalue weighted by atomic mass is 32.1. The van der Waals surface area contributed by atoms with Crippen LogP contribution in [0.1, 0.15) is 31.0 Å². The minimum absolute atomic E-state index is 0.304. The van der Waals surface area contributed by atoms with Crippen molar-refractivity contribution < 1.29 is 0 Å². The van der Waals surface area contributed by atoms with Gasteiger partial charge in [0, 0.05) is 17.6 Å². The number of anilines is 2. The minimum atomic E-state index is 0.304. The molecule has 0 unspecified atom stereocenters. The van der Waals surface area contributed by atoms with Gasteiger partial charge >= 0.3 is 0 Å². The van der Waals surface area contributed by atoms with E-state index in [2.05, 4.69) is 48.4 Å². The normalized spacial score (nSPS) is 10.5. The van der Waals surface area contributed by atoms with Gasteiger partial charge in [0.05, 0.1) is 5.69 Å². The lowest BCUT2D eigenvalue weighted by Gasteiger charge is -2.10. The maximum Gasteiger partial charge on any atom is 0.122 e. The van der Waals surface area contributed by atoms with Crippen molar-refractivity contribution in [1.29, 1.82) is 0 Å². The molecule has 98 valence electrons. The number of nitrogens with one attached hydrogen (secondary N) is 1. The van der Waals surface area contributed by atoms with Gasteiger partial charge in [-0.15, -0.1) is 0 Å². The van der Waals surface area contributed by atoms with Crippen molar-refractivity contribution in [1.82, 2.24) is 4.98 Å². The summed E-state index contributed by atoms with van der Waals surface area (Å²) in [5.41, 5.74) is 9.48. The van der Waals surface area contributed by atoms with Crippen LogP contribution in [0.2, 0.25) is 0 Å². The maximum atomic E-state index is 5.57. The molecule has 0 spiro atoms. The van der Waals surface area contributed by atoms with Crippen molar-refractivity contribution in [2.45, 2.75) is 19.8 Å². The summed E-state index contributed by atoms with van der Waals surface area (Å²) < 4.78 is 0. The second-order valence-electron chi connectivity index (χ2n) is 4.70. The number of benzene rings is 1. The molecule has 0 bridgehead atoms. The number of aromatic nitrogens is 1. The molecule has 0 saturated heterocycles. The topological polar surface area (TPSA) is 50.9 Å². The Hall–Kier alpha value is -1.94. The zero-order valence-corrected chi connectivity index (χ0v) is 11.9. The van der Waals surface area contributed by atoms with Gasteiger partial charge in [-0.1, -0.05) is 38.2 Å². The molecule has 19 heavy (non-hydrogen) atoms. The average molecular weight is 271 g/mol. The Labute approximate surface area is 118 Å². The van der Waals surface area contributed by atoms with E-state index in [1.165, 1.54) is 5.56 Å². The molecular weight excluding hydrogens is 254 g/mol. The summed E-state index contributed by atoms with van der Waals surface area (Å²) in [4.78, 5) is 4.42. The third-order valence-corrected chi connectivity index (χ3v) is 3.09. The van der Waals surface area contributed by atoms with E-state index in [1.807, 2.05) is 12.1 Å². The molecule has 0 radical (unpaired) electrons. The molecule has 0 fully saturated rings. The summed E-state index contributed by atoms with van der Waals surface area (Å²) in [6.45, 7) is 4.36. The maximum absolute atomic E-state index is 5.57. The van der Waals surface area contributed by atoms with Crippen molar-refractivity contribution in [2.24, 2.45) is 5.73 Å². The number of rotatable bonds is 4. The lowest BCUT2D eigenvalue weighted by Crippen LogP contribution is -2.11. The first kappa shape index (κ1) is 13.5. The average Bonchev–Trinajstić information content (AvgIpc) is 2.39. The summed E-state index contributed by atoms with van der Waals surface area (Å²) in [5.74, 6) is 0.538. The van der Waals surface area contributed by atoms with Crippen molar-refractivity contribution in [2.75, 3.05) is 5.32 Å². The largest absolute Gasteiger partial charge is 0.388 e. The van der Waals surface area contributed by atoms with Crippen LogP contribution in [0.25, 0.3) is 0 Å². The van der Waals surface area contributed by atoms with Gasteiger partial charge in [0.25, 0.3) is 0 Å². The van der Waals surface area contributed by atoms with Crippen LogP contribution in [0.15, 0.2) is 42.6 Å². The van der Waals surface area contributed by atoms with E-state index in [4.69, 9.17) is 18.0 Å². The van der Waals surface area contributed by atoms with Crippen LogP contribution in [-0.2, 0) is 0 Å². The van der Waals surface area contributed by atoms with E-state index in [1.54, 1.807) is 6.20 Å². The number of hydrogen-bond donors (Lipinski definition) is 2. The third-order valence-electron chi connectivity index (χ3n) is 2.88. The summed E-state index contributed by atoms with van der Waals surface area (Å²) >= 11 is 4.92. The molecule has 1 aromatic carbocycles. The van der Waals surface area contributed by atoms with E-state index >= 15 is 0 Å². The second kappa shape index (κ2) is 5.80. The van der Waals surface area contributed by atoms with Crippen LogP contribution in [0.5, 0.6) is 0 Å². The first-order chi connectivity index (χ1) is 9.06. The Morgan fingerprint density at radius 1 is 1.16 bits per heavy atom. The second-order valence-corrected chi connectivity index (χ2v) is 5.14. The number of nitrogens with two attached hydrogens (primary N) is 1. The Kier molecular flexibility index (Phi) is 4.12. The predicted molar refractivity (Wildman–Crippen MR) is 83.9 cm³/mol. The summed E-state index contributed by atoms with van der Waals surface area (Å²) in [6.07, 6.45) is 1.69. The molecule has 0 saturated carbocycles. The number of pyridine rings is 1. The Bertz CT molecular complexity index is 576. The van der Waals surface area contributed by atoms with Crippen molar-refractivity contribution in [3.63, 3.8) is 0 Å². The number of thiocarbonyl (C=S) groups is 1. The molecule has 3 N–H and O–H groups in total. The first-order valence-corrected chi connectivity index (χ1v) is 6.60. The van der Waals surface area contributed by atoms with Gasteiger partial charge in [0.2, 0.25) is 0 Å². The molecule has 0 aliphatic heterocycles. The molecule has 4 heteroatoms. The third kappa shape index (κ3) is 3.51. The Morgan fingerprint density at radius 2 is 1.84 bits per heavy atom. The molecule has 0 amide bonds. The molecule has 0 aliphatic rings. The summed E-state index contributed by atoms with van der Waals surface area (Å²) in [7, 11) is 0. The van der Waals surface area contributed by atoms with E-state index in [0.29, 0.717) is 16.6 Å². The fraction of sp³-hybridized carbons (Fsp3) is 0.200. The van der Waals surface area contributed by atoms with Crippen LogP contribution in [0, 0.1) is 0 Å². The quantitative estimate of drug-likeness (QED) is 0.834. The summed E-state index contributed by atoms with van der Waals surface area (Å²) in [5, 5.41) is 3.31. The molecular formula is C15H17N3S. The molecule has 0 aliphatic carbocycles. The fourth-order valence-corrected chi connectivity index (χ4v) is 1.87. The van der Waals surface area contributed by atoms with Gasteiger partial charge in [-0.3, -0.25) is 4.98 Å². The van der Waals surface area contributed by atoms with E-state index in [9.17, 15) is 0 Å². The van der Waals surface area contributed by atoms with Crippen LogP contribution in [0.4, 0.5) is 11.4 Å². The van der Waals surface area contributed by atoms with Gasteiger partial charge in [0.15, 0.2) is 0 Å². The fourth-order valence-electron chi connectivity index (χ4n) is 1.76. The van der Waals surface area contributed by atoms with Gasteiger partial charge < -0.3 is 11.1 Å². The molecule has 1 aromatic heterocycles. The van der Waals surface area contributed by atoms with Gasteiger partial charge in [0.1, 0.15) is 4.99 Å². The molecule has 2 aromatic rings. The van der Waals surface area contributed by atoms with Crippen molar-refractivity contribution >= 4 is 28.6 Å². The zero-order valence-electron chi connectivity index (χ0n) is 11.1. The highest BCUT2D eigenvalue weighted by Gasteiger charge is 2.02. The predicted octanol–water partition coefficient (Wildman–Crippen LogP) is 3.58. The molecule has 3 nitrogen and oxygen atoms in total. The standard InChI is InChI=1S/C15H17N3S/c1-10(2)11-3-5-12(6-4-11)18-13-7-8-17-14(9-13)15(16)19/h3-10H,1-2H3,(H2,16,19)(H,17,18). The van der Waals surface area contributed by atoms with Crippen molar-refractivity contribution in [3.05, 3.63) is 53.9 Å². The highest BCUT2D eigenvalue weighted by molar-refractivity contribution is 7.80. The van der Waals surface area contributed by atoms with Crippen LogP contribution >= 0.6 is 12.2 Å². The van der Waals surface area contributed by atoms with Gasteiger partial charge in [-0.05, 0) is 35.7 Å². The first-order valence-electron chi connectivity index (χ1n) is 6.19.